The molecule has 2 saturated heterocycles. The largest absolute Gasteiger partial charge is 0.375 e. The molecule has 2 heterocycles. The maximum absolute atomic E-state index is 11.6. The van der Waals surface area contributed by atoms with E-state index in [1.807, 2.05) is 6.92 Å². The molecule has 26 heavy (non-hydrogen) atoms. The Bertz CT molecular complexity index is 632. The Labute approximate surface area is 174 Å². The number of sulfone groups is 1. The first-order valence-corrected chi connectivity index (χ1v) is 11.2. The van der Waals surface area contributed by atoms with Crippen molar-refractivity contribution in [3.05, 3.63) is 12.2 Å². The first kappa shape index (κ1) is 21.9. The number of halogens is 1. The average molecular weight is 497 g/mol. The lowest BCUT2D eigenvalue weighted by Crippen LogP contribution is -2.54. The minimum atomic E-state index is -2.84. The molecular formula is C18H32IN3O3S. The van der Waals surface area contributed by atoms with Crippen LogP contribution in [0.4, 0.5) is 0 Å². The van der Waals surface area contributed by atoms with Crippen molar-refractivity contribution in [1.82, 2.24) is 10.6 Å². The summed E-state index contributed by atoms with van der Waals surface area (Å²) in [7, 11) is -2.84. The lowest BCUT2D eigenvalue weighted by atomic mass is 9.74. The second-order valence-electron chi connectivity index (χ2n) is 7.99. The summed E-state index contributed by atoms with van der Waals surface area (Å²) < 4.78 is 29.3. The van der Waals surface area contributed by atoms with E-state index in [9.17, 15) is 8.42 Å². The van der Waals surface area contributed by atoms with Gasteiger partial charge in [-0.1, -0.05) is 12.2 Å². The van der Waals surface area contributed by atoms with E-state index in [0.717, 1.165) is 50.2 Å². The Morgan fingerprint density at radius 2 is 2.12 bits per heavy atom. The number of rotatable bonds is 5. The number of hydrogen-bond donors (Lipinski definition) is 2. The van der Waals surface area contributed by atoms with Crippen LogP contribution < -0.4 is 10.6 Å². The Balaban J connectivity index is 0.00000243. The minimum absolute atomic E-state index is 0. The second-order valence-corrected chi connectivity index (χ2v) is 10.2. The van der Waals surface area contributed by atoms with E-state index >= 15 is 0 Å². The van der Waals surface area contributed by atoms with Crippen LogP contribution in [0.25, 0.3) is 0 Å². The summed E-state index contributed by atoms with van der Waals surface area (Å²) >= 11 is 0. The van der Waals surface area contributed by atoms with Crippen LogP contribution in [0.2, 0.25) is 0 Å². The van der Waals surface area contributed by atoms with E-state index in [4.69, 9.17) is 4.74 Å². The molecule has 2 N–H and O–H groups in total. The Hall–Kier alpha value is -0.350. The molecule has 1 aliphatic carbocycles. The van der Waals surface area contributed by atoms with Gasteiger partial charge in [0.1, 0.15) is 0 Å². The van der Waals surface area contributed by atoms with Crippen LogP contribution in [0.1, 0.15) is 45.4 Å². The van der Waals surface area contributed by atoms with Crippen LogP contribution in [0.15, 0.2) is 17.1 Å². The molecule has 2 unspecified atom stereocenters. The van der Waals surface area contributed by atoms with Crippen LogP contribution in [0.5, 0.6) is 0 Å². The summed E-state index contributed by atoms with van der Waals surface area (Å²) in [5, 5.41) is 6.91. The maximum atomic E-state index is 11.6. The van der Waals surface area contributed by atoms with Gasteiger partial charge in [0, 0.05) is 19.2 Å². The molecule has 2 atom stereocenters. The van der Waals surface area contributed by atoms with Gasteiger partial charge in [-0.2, -0.15) is 0 Å². The molecule has 6 nitrogen and oxygen atoms in total. The Morgan fingerprint density at radius 1 is 1.35 bits per heavy atom. The van der Waals surface area contributed by atoms with Crippen molar-refractivity contribution in [2.45, 2.75) is 57.1 Å². The van der Waals surface area contributed by atoms with Gasteiger partial charge in [0.15, 0.2) is 15.8 Å². The molecule has 0 aromatic carbocycles. The zero-order valence-electron chi connectivity index (χ0n) is 15.6. The zero-order chi connectivity index (χ0) is 17.9. The van der Waals surface area contributed by atoms with E-state index in [1.165, 1.54) is 6.42 Å². The van der Waals surface area contributed by atoms with E-state index < -0.39 is 9.84 Å². The molecule has 0 aromatic heterocycles. The van der Waals surface area contributed by atoms with Gasteiger partial charge >= 0.3 is 0 Å². The molecule has 0 aromatic rings. The molecule has 0 amide bonds. The van der Waals surface area contributed by atoms with Gasteiger partial charge < -0.3 is 15.4 Å². The number of aliphatic imine (C=N–C) groups is 1. The summed E-state index contributed by atoms with van der Waals surface area (Å²) in [6, 6.07) is 0.359. The third-order valence-corrected chi connectivity index (χ3v) is 7.33. The molecule has 0 bridgehead atoms. The van der Waals surface area contributed by atoms with Gasteiger partial charge in [0.25, 0.3) is 0 Å². The highest BCUT2D eigenvalue weighted by atomic mass is 127. The predicted molar refractivity (Wildman–Crippen MR) is 116 cm³/mol. The van der Waals surface area contributed by atoms with Crippen molar-refractivity contribution in [3.63, 3.8) is 0 Å². The van der Waals surface area contributed by atoms with Crippen LogP contribution in [0, 0.1) is 5.92 Å². The first-order chi connectivity index (χ1) is 11.9. The lowest BCUT2D eigenvalue weighted by molar-refractivity contribution is -0.134. The SMILES string of the molecule is C=C(C)CN=C(NCC1CCS(=O)(=O)C1)NC1CCOC2(CCC2)C1.I. The number of hydrogen-bond acceptors (Lipinski definition) is 4. The lowest BCUT2D eigenvalue weighted by Gasteiger charge is -2.47. The van der Waals surface area contributed by atoms with Crippen LogP contribution in [0.3, 0.4) is 0 Å². The molecule has 2 aliphatic heterocycles. The van der Waals surface area contributed by atoms with Crippen molar-refractivity contribution in [2.24, 2.45) is 10.9 Å². The summed E-state index contributed by atoms with van der Waals surface area (Å²) in [6.07, 6.45) is 6.33. The third kappa shape index (κ3) is 6.09. The third-order valence-electron chi connectivity index (χ3n) is 5.49. The molecule has 3 aliphatic rings. The van der Waals surface area contributed by atoms with Crippen molar-refractivity contribution in [1.29, 1.82) is 0 Å². The van der Waals surface area contributed by atoms with Gasteiger partial charge in [-0.25, -0.2) is 13.4 Å². The number of ether oxygens (including phenoxy) is 1. The standard InChI is InChI=1S/C18H31N3O3S.HI/c1-14(2)11-19-17(20-12-15-5-9-25(22,23)13-15)21-16-4-8-24-18(10-16)6-3-7-18;/h15-16H,1,3-13H2,2H3,(H2,19,20,21);1H. The average Bonchev–Trinajstić information content (AvgIpc) is 2.88. The fourth-order valence-electron chi connectivity index (χ4n) is 3.90. The van der Waals surface area contributed by atoms with Crippen LogP contribution in [-0.2, 0) is 14.6 Å². The Kier molecular flexibility index (Phi) is 7.79. The van der Waals surface area contributed by atoms with Crippen LogP contribution in [-0.4, -0.2) is 57.2 Å². The maximum Gasteiger partial charge on any atom is 0.191 e. The predicted octanol–water partition coefficient (Wildman–Crippen LogP) is 2.25. The van der Waals surface area contributed by atoms with Gasteiger partial charge in [0.2, 0.25) is 0 Å². The van der Waals surface area contributed by atoms with Gasteiger partial charge in [-0.05, 0) is 51.4 Å². The quantitative estimate of drug-likeness (QED) is 0.264. The highest BCUT2D eigenvalue weighted by Gasteiger charge is 2.42. The summed E-state index contributed by atoms with van der Waals surface area (Å²) in [5.41, 5.74) is 1.10. The zero-order valence-corrected chi connectivity index (χ0v) is 18.8. The van der Waals surface area contributed by atoms with E-state index in [1.54, 1.807) is 0 Å². The molecule has 150 valence electrons. The number of nitrogens with one attached hydrogen (secondary N) is 2. The fraction of sp³-hybridized carbons (Fsp3) is 0.833. The van der Waals surface area contributed by atoms with Crippen LogP contribution >= 0.6 is 24.0 Å². The van der Waals surface area contributed by atoms with Gasteiger partial charge in [0.05, 0.1) is 23.7 Å². The van der Waals surface area contributed by atoms with Crippen molar-refractivity contribution >= 4 is 39.8 Å². The van der Waals surface area contributed by atoms with Crippen molar-refractivity contribution in [3.8, 4) is 0 Å². The highest BCUT2D eigenvalue weighted by molar-refractivity contribution is 14.0. The molecule has 3 rings (SSSR count). The van der Waals surface area contributed by atoms with E-state index in [0.29, 0.717) is 24.9 Å². The molecule has 3 fully saturated rings. The summed E-state index contributed by atoms with van der Waals surface area (Å²) in [4.78, 5) is 4.61. The van der Waals surface area contributed by atoms with E-state index in [-0.39, 0.29) is 41.2 Å². The molecule has 8 heteroatoms. The van der Waals surface area contributed by atoms with Crippen molar-refractivity contribution in [2.75, 3.05) is 31.2 Å². The van der Waals surface area contributed by atoms with Gasteiger partial charge in [-0.3, -0.25) is 0 Å². The number of nitrogens with zero attached hydrogens (tertiary/aromatic N) is 1. The Morgan fingerprint density at radius 3 is 2.69 bits per heavy atom. The smallest absolute Gasteiger partial charge is 0.191 e. The van der Waals surface area contributed by atoms with E-state index in [2.05, 4.69) is 22.2 Å². The summed E-state index contributed by atoms with van der Waals surface area (Å²) in [5.74, 6) is 1.55. The minimum Gasteiger partial charge on any atom is -0.375 e. The molecule has 0 radical (unpaired) electrons. The monoisotopic (exact) mass is 497 g/mol. The molecule has 1 saturated carbocycles. The highest BCUT2D eigenvalue weighted by Crippen LogP contribution is 2.42. The number of guanidine groups is 1. The molecule has 1 spiro atoms. The topological polar surface area (TPSA) is 79.8 Å². The summed E-state index contributed by atoms with van der Waals surface area (Å²) in [6.45, 7) is 7.90. The molecular weight excluding hydrogens is 465 g/mol. The van der Waals surface area contributed by atoms with Crippen molar-refractivity contribution < 1.29 is 13.2 Å². The fourth-order valence-corrected chi connectivity index (χ4v) is 5.77. The normalized spacial score (nSPS) is 29.5. The van der Waals surface area contributed by atoms with Gasteiger partial charge in [-0.15, -0.1) is 24.0 Å². The first-order valence-electron chi connectivity index (χ1n) is 9.39. The second kappa shape index (κ2) is 9.23.